The second kappa shape index (κ2) is 5.17. The van der Waals surface area contributed by atoms with Crippen LogP contribution in [0, 0.1) is 24.6 Å². The summed E-state index contributed by atoms with van der Waals surface area (Å²) in [5, 5.41) is 0. The van der Waals surface area contributed by atoms with Crippen LogP contribution in [0.25, 0.3) is 0 Å². The molecule has 0 aliphatic carbocycles. The lowest BCUT2D eigenvalue weighted by Gasteiger charge is -2.09. The van der Waals surface area contributed by atoms with Gasteiger partial charge in [-0.05, 0) is 26.0 Å². The summed E-state index contributed by atoms with van der Waals surface area (Å²) in [5.41, 5.74) is 5.52. The number of benzene rings is 1. The van der Waals surface area contributed by atoms with E-state index in [0.29, 0.717) is 0 Å². The van der Waals surface area contributed by atoms with Crippen molar-refractivity contribution in [1.29, 1.82) is 0 Å². The molecule has 1 aromatic rings. The molecule has 3 N–H and O–H groups in total. The molecule has 0 spiro atoms. The van der Waals surface area contributed by atoms with Crippen LogP contribution in [-0.2, 0) is 10.0 Å². The molecule has 0 radical (unpaired) electrons. The maximum atomic E-state index is 13.4. The molecule has 6 heteroatoms. The summed E-state index contributed by atoms with van der Waals surface area (Å²) in [4.78, 5) is -0.159. The summed E-state index contributed by atoms with van der Waals surface area (Å²) in [6, 6.07) is 2.31. The van der Waals surface area contributed by atoms with E-state index in [9.17, 15) is 12.8 Å². The van der Waals surface area contributed by atoms with Gasteiger partial charge in [-0.1, -0.05) is 5.92 Å². The van der Waals surface area contributed by atoms with Crippen LogP contribution in [-0.4, -0.2) is 15.0 Å². The average molecular weight is 256 g/mol. The number of halogens is 1. The van der Waals surface area contributed by atoms with Crippen LogP contribution in [0.2, 0.25) is 0 Å². The van der Waals surface area contributed by atoms with Crippen LogP contribution in [0.15, 0.2) is 17.0 Å². The van der Waals surface area contributed by atoms with Crippen molar-refractivity contribution in [2.45, 2.75) is 18.7 Å². The normalized spacial score (nSPS) is 10.8. The molecule has 0 unspecified atom stereocenters. The van der Waals surface area contributed by atoms with Crippen molar-refractivity contribution in [3.63, 3.8) is 0 Å². The molecule has 0 aliphatic heterocycles. The third-order valence-corrected chi connectivity index (χ3v) is 3.66. The highest BCUT2D eigenvalue weighted by Gasteiger charge is 2.18. The van der Waals surface area contributed by atoms with Crippen molar-refractivity contribution in [3.8, 4) is 11.8 Å². The third-order valence-electron chi connectivity index (χ3n) is 2.14. The molecule has 1 aromatic carbocycles. The first-order chi connectivity index (χ1) is 7.88. The van der Waals surface area contributed by atoms with E-state index in [1.807, 2.05) is 0 Å². The molecule has 0 aliphatic rings. The van der Waals surface area contributed by atoms with Crippen LogP contribution in [0.4, 0.5) is 10.1 Å². The second-order valence-electron chi connectivity index (χ2n) is 3.38. The Balaban J connectivity index is 3.18. The van der Waals surface area contributed by atoms with E-state index in [-0.39, 0.29) is 22.7 Å². The second-order valence-corrected chi connectivity index (χ2v) is 5.11. The van der Waals surface area contributed by atoms with E-state index < -0.39 is 15.8 Å². The number of hydrogen-bond acceptors (Lipinski definition) is 3. The van der Waals surface area contributed by atoms with Crippen LogP contribution >= 0.6 is 0 Å². The first kappa shape index (κ1) is 13.5. The van der Waals surface area contributed by atoms with E-state index >= 15 is 0 Å². The minimum Gasteiger partial charge on any atom is -0.399 e. The lowest BCUT2D eigenvalue weighted by atomic mass is 10.2. The Morgan fingerprint density at radius 3 is 2.71 bits per heavy atom. The monoisotopic (exact) mass is 256 g/mol. The SMILES string of the molecule is CC#CCNS(=O)(=O)c1cc(N)cc(F)c1C. The van der Waals surface area contributed by atoms with Crippen LogP contribution in [0.1, 0.15) is 12.5 Å². The summed E-state index contributed by atoms with van der Waals surface area (Å²) >= 11 is 0. The van der Waals surface area contributed by atoms with Crippen molar-refractivity contribution >= 4 is 15.7 Å². The van der Waals surface area contributed by atoms with Crippen LogP contribution in [0.5, 0.6) is 0 Å². The Bertz CT molecular complexity index is 585. The van der Waals surface area contributed by atoms with Crippen molar-refractivity contribution in [3.05, 3.63) is 23.5 Å². The van der Waals surface area contributed by atoms with Gasteiger partial charge < -0.3 is 5.73 Å². The number of sulfonamides is 1. The van der Waals surface area contributed by atoms with E-state index in [1.54, 1.807) is 6.92 Å². The average Bonchev–Trinajstić information content (AvgIpc) is 2.23. The molecular formula is C11H13FN2O2S. The molecule has 0 fully saturated rings. The van der Waals surface area contributed by atoms with Crippen LogP contribution in [0.3, 0.4) is 0 Å². The van der Waals surface area contributed by atoms with E-state index in [2.05, 4.69) is 16.6 Å². The zero-order chi connectivity index (χ0) is 13.1. The van der Waals surface area contributed by atoms with Crippen molar-refractivity contribution < 1.29 is 12.8 Å². The predicted molar refractivity (Wildman–Crippen MR) is 64.2 cm³/mol. The number of nitrogen functional groups attached to an aromatic ring is 1. The van der Waals surface area contributed by atoms with Crippen molar-refractivity contribution in [2.75, 3.05) is 12.3 Å². The van der Waals surface area contributed by atoms with Gasteiger partial charge in [0.2, 0.25) is 10.0 Å². The minimum absolute atomic E-state index is 0.0192. The fraction of sp³-hybridized carbons (Fsp3) is 0.273. The van der Waals surface area contributed by atoms with Gasteiger partial charge in [-0.2, -0.15) is 4.72 Å². The Kier molecular flexibility index (Phi) is 4.10. The molecule has 1 rings (SSSR count). The molecule has 0 bridgehead atoms. The lowest BCUT2D eigenvalue weighted by molar-refractivity contribution is 0.578. The highest BCUT2D eigenvalue weighted by molar-refractivity contribution is 7.89. The van der Waals surface area contributed by atoms with Gasteiger partial charge >= 0.3 is 0 Å². The Hall–Kier alpha value is -1.58. The topological polar surface area (TPSA) is 72.2 Å². The Morgan fingerprint density at radius 2 is 2.12 bits per heavy atom. The standard InChI is InChI=1S/C11H13FN2O2S/c1-3-4-5-14-17(15,16)11-7-9(13)6-10(12)8(11)2/h6-7,14H,5,13H2,1-2H3. The first-order valence-corrected chi connectivity index (χ1v) is 6.31. The van der Waals surface area contributed by atoms with Gasteiger partial charge in [0.15, 0.2) is 0 Å². The zero-order valence-corrected chi connectivity index (χ0v) is 10.4. The molecule has 0 amide bonds. The summed E-state index contributed by atoms with van der Waals surface area (Å²) in [6.45, 7) is 2.96. The molecule has 0 saturated heterocycles. The fourth-order valence-corrected chi connectivity index (χ4v) is 2.46. The molecule has 92 valence electrons. The molecule has 0 aromatic heterocycles. The maximum absolute atomic E-state index is 13.4. The largest absolute Gasteiger partial charge is 0.399 e. The van der Waals surface area contributed by atoms with Gasteiger partial charge in [-0.3, -0.25) is 0 Å². The zero-order valence-electron chi connectivity index (χ0n) is 9.54. The van der Waals surface area contributed by atoms with Crippen molar-refractivity contribution in [1.82, 2.24) is 4.72 Å². The number of nitrogens with two attached hydrogens (primary N) is 1. The first-order valence-electron chi connectivity index (χ1n) is 4.83. The lowest BCUT2D eigenvalue weighted by Crippen LogP contribution is -2.25. The van der Waals surface area contributed by atoms with Crippen LogP contribution < -0.4 is 10.5 Å². The quantitative estimate of drug-likeness (QED) is 0.626. The number of hydrogen-bond donors (Lipinski definition) is 2. The summed E-state index contributed by atoms with van der Waals surface area (Å²) < 4.78 is 39.3. The summed E-state index contributed by atoms with van der Waals surface area (Å²) in [6.07, 6.45) is 0. The molecule has 17 heavy (non-hydrogen) atoms. The third kappa shape index (κ3) is 3.19. The van der Waals surface area contributed by atoms with Gasteiger partial charge in [-0.25, -0.2) is 12.8 Å². The number of rotatable bonds is 3. The minimum atomic E-state index is -3.78. The fourth-order valence-electron chi connectivity index (χ4n) is 1.25. The summed E-state index contributed by atoms with van der Waals surface area (Å²) in [5.74, 6) is 4.46. The molecule has 0 atom stereocenters. The molecular weight excluding hydrogens is 243 g/mol. The van der Waals surface area contributed by atoms with Crippen molar-refractivity contribution in [2.24, 2.45) is 0 Å². The van der Waals surface area contributed by atoms with Gasteiger partial charge in [-0.15, -0.1) is 5.92 Å². The van der Waals surface area contributed by atoms with Gasteiger partial charge in [0.25, 0.3) is 0 Å². The van der Waals surface area contributed by atoms with E-state index in [1.165, 1.54) is 13.0 Å². The summed E-state index contributed by atoms with van der Waals surface area (Å²) in [7, 11) is -3.78. The Morgan fingerprint density at radius 1 is 1.47 bits per heavy atom. The number of nitrogens with one attached hydrogen (secondary N) is 1. The van der Waals surface area contributed by atoms with Gasteiger partial charge in [0, 0.05) is 11.3 Å². The number of anilines is 1. The Labute approximate surface area is 100 Å². The molecule has 0 heterocycles. The smallest absolute Gasteiger partial charge is 0.241 e. The van der Waals surface area contributed by atoms with E-state index in [0.717, 1.165) is 6.07 Å². The van der Waals surface area contributed by atoms with E-state index in [4.69, 9.17) is 5.73 Å². The molecule has 0 saturated carbocycles. The van der Waals surface area contributed by atoms with Gasteiger partial charge in [0.1, 0.15) is 5.82 Å². The van der Waals surface area contributed by atoms with Gasteiger partial charge in [0.05, 0.1) is 11.4 Å². The highest BCUT2D eigenvalue weighted by atomic mass is 32.2. The maximum Gasteiger partial charge on any atom is 0.241 e. The highest BCUT2D eigenvalue weighted by Crippen LogP contribution is 2.21. The predicted octanol–water partition coefficient (Wildman–Crippen LogP) is 1.02. The molecule has 4 nitrogen and oxygen atoms in total.